The molecule has 0 heterocycles. The molecule has 1 nitrogen and oxygen atoms in total. The molecule has 0 aromatic heterocycles. The van der Waals surface area contributed by atoms with Gasteiger partial charge in [-0.25, -0.2) is 4.39 Å². The fourth-order valence-electron chi connectivity index (χ4n) is 6.50. The van der Waals surface area contributed by atoms with Crippen molar-refractivity contribution in [1.29, 1.82) is 0 Å². The van der Waals surface area contributed by atoms with E-state index in [1.54, 1.807) is 6.07 Å². The maximum Gasteiger partial charge on any atom is 0.387 e. The Hall–Kier alpha value is -1.19. The van der Waals surface area contributed by atoms with E-state index in [1.807, 2.05) is 0 Å². The van der Waals surface area contributed by atoms with Crippen LogP contribution >= 0.6 is 0 Å². The smallest absolute Gasteiger partial charge is 0.387 e. The number of rotatable bonds is 6. The molecule has 1 aromatic carbocycles. The maximum absolute atomic E-state index is 14.1. The highest BCUT2D eigenvalue weighted by atomic mass is 19.3. The lowest BCUT2D eigenvalue weighted by Crippen LogP contribution is -2.26. The highest BCUT2D eigenvalue weighted by Gasteiger charge is 2.32. The van der Waals surface area contributed by atoms with Gasteiger partial charge in [0, 0.05) is 0 Å². The van der Waals surface area contributed by atoms with Crippen LogP contribution in [0.3, 0.4) is 0 Å². The lowest BCUT2D eigenvalue weighted by molar-refractivity contribution is -0.0522. The fraction of sp³-hybridized carbons (Fsp3) is 0.760. The van der Waals surface area contributed by atoms with Crippen molar-refractivity contribution in [1.82, 2.24) is 0 Å². The summed E-state index contributed by atoms with van der Waals surface area (Å²) in [6, 6.07) is 4.52. The molecule has 0 atom stereocenters. The summed E-state index contributed by atoms with van der Waals surface area (Å²) in [6.07, 6.45) is 17.6. The van der Waals surface area contributed by atoms with Gasteiger partial charge in [-0.2, -0.15) is 8.78 Å². The average Bonchev–Trinajstić information content (AvgIpc) is 3.23. The van der Waals surface area contributed by atoms with Gasteiger partial charge in [0.1, 0.15) is 0 Å². The van der Waals surface area contributed by atoms with Crippen LogP contribution in [0, 0.1) is 29.5 Å². The molecule has 29 heavy (non-hydrogen) atoms. The number of halogens is 3. The SMILES string of the molecule is Fc1cc([C@H]2CC[C@H]([C@H]3CC[C@H](CC4CCCC4)CC3)CC2)ccc1OC(F)F. The molecule has 3 fully saturated rings. The minimum absolute atomic E-state index is 0.347. The predicted molar refractivity (Wildman–Crippen MR) is 110 cm³/mol. The molecule has 0 aliphatic heterocycles. The monoisotopic (exact) mass is 408 g/mol. The van der Waals surface area contributed by atoms with E-state index < -0.39 is 12.4 Å². The van der Waals surface area contributed by atoms with Crippen LogP contribution in [0.1, 0.15) is 95.0 Å². The van der Waals surface area contributed by atoms with Crippen molar-refractivity contribution in [3.63, 3.8) is 0 Å². The van der Waals surface area contributed by atoms with E-state index in [-0.39, 0.29) is 5.75 Å². The minimum atomic E-state index is -2.99. The maximum atomic E-state index is 14.1. The van der Waals surface area contributed by atoms with Crippen molar-refractivity contribution in [2.24, 2.45) is 23.7 Å². The topological polar surface area (TPSA) is 9.23 Å². The Labute approximate surface area is 173 Å². The zero-order valence-corrected chi connectivity index (χ0v) is 17.4. The molecule has 0 unspecified atom stereocenters. The molecule has 0 N–H and O–H groups in total. The molecule has 3 aliphatic carbocycles. The van der Waals surface area contributed by atoms with Gasteiger partial charge in [-0.05, 0) is 92.2 Å². The van der Waals surface area contributed by atoms with Gasteiger partial charge >= 0.3 is 6.61 Å². The zero-order valence-electron chi connectivity index (χ0n) is 17.4. The molecule has 3 saturated carbocycles. The molecule has 0 saturated heterocycles. The lowest BCUT2D eigenvalue weighted by Gasteiger charge is -2.38. The molecule has 0 spiro atoms. The Kier molecular flexibility index (Phi) is 7.08. The van der Waals surface area contributed by atoms with Gasteiger partial charge in [-0.3, -0.25) is 0 Å². The van der Waals surface area contributed by atoms with E-state index in [0.29, 0.717) is 5.92 Å². The van der Waals surface area contributed by atoms with E-state index in [4.69, 9.17) is 0 Å². The minimum Gasteiger partial charge on any atom is -0.432 e. The first kappa shape index (κ1) is 21.1. The standard InChI is InChI=1S/C25H35F3O/c26-23-16-22(13-14-24(23)29-25(27)28)21-11-9-20(10-12-21)19-7-5-18(6-8-19)15-17-3-1-2-4-17/h13-14,16-21,25H,1-12,15H2/t18-,19-,20-,21-. The first-order valence-corrected chi connectivity index (χ1v) is 11.8. The van der Waals surface area contributed by atoms with Crippen LogP contribution in [0.25, 0.3) is 0 Å². The van der Waals surface area contributed by atoms with Crippen molar-refractivity contribution < 1.29 is 17.9 Å². The summed E-state index contributed by atoms with van der Waals surface area (Å²) in [6.45, 7) is -2.99. The summed E-state index contributed by atoms with van der Waals surface area (Å²) >= 11 is 0. The predicted octanol–water partition coefficient (Wildman–Crippen LogP) is 8.09. The van der Waals surface area contributed by atoms with E-state index in [2.05, 4.69) is 4.74 Å². The van der Waals surface area contributed by atoms with E-state index in [1.165, 1.54) is 82.8 Å². The second-order valence-electron chi connectivity index (χ2n) is 9.85. The Bertz CT molecular complexity index is 639. The molecule has 1 aromatic rings. The third-order valence-corrected chi connectivity index (χ3v) is 8.11. The molecule has 0 bridgehead atoms. The van der Waals surface area contributed by atoms with Crippen molar-refractivity contribution in [3.05, 3.63) is 29.6 Å². The van der Waals surface area contributed by atoms with Crippen LogP contribution in [0.2, 0.25) is 0 Å². The first-order valence-electron chi connectivity index (χ1n) is 11.8. The summed E-state index contributed by atoms with van der Waals surface area (Å²) in [5, 5.41) is 0. The number of hydrogen-bond donors (Lipinski definition) is 0. The van der Waals surface area contributed by atoms with Crippen LogP contribution in [0.15, 0.2) is 18.2 Å². The summed E-state index contributed by atoms with van der Waals surface area (Å²) in [5.74, 6) is 3.02. The second-order valence-corrected chi connectivity index (χ2v) is 9.85. The van der Waals surface area contributed by atoms with Crippen LogP contribution in [0.5, 0.6) is 5.75 Å². The number of ether oxygens (including phenoxy) is 1. The van der Waals surface area contributed by atoms with Gasteiger partial charge in [0.2, 0.25) is 0 Å². The van der Waals surface area contributed by atoms with E-state index in [9.17, 15) is 13.2 Å². The van der Waals surface area contributed by atoms with Crippen molar-refractivity contribution in [2.45, 2.75) is 96.0 Å². The summed E-state index contributed by atoms with van der Waals surface area (Å²) in [7, 11) is 0. The van der Waals surface area contributed by atoms with Crippen molar-refractivity contribution in [3.8, 4) is 5.75 Å². The third kappa shape index (κ3) is 5.49. The van der Waals surface area contributed by atoms with E-state index in [0.717, 1.165) is 42.1 Å². The Morgan fingerprint density at radius 3 is 1.97 bits per heavy atom. The molecule has 0 radical (unpaired) electrons. The molecule has 4 heteroatoms. The summed E-state index contributed by atoms with van der Waals surface area (Å²) in [4.78, 5) is 0. The first-order chi connectivity index (χ1) is 14.1. The number of benzene rings is 1. The van der Waals surface area contributed by atoms with Gasteiger partial charge in [-0.15, -0.1) is 0 Å². The number of alkyl halides is 2. The van der Waals surface area contributed by atoms with Crippen LogP contribution in [-0.2, 0) is 0 Å². The Morgan fingerprint density at radius 2 is 1.38 bits per heavy atom. The van der Waals surface area contributed by atoms with E-state index >= 15 is 0 Å². The zero-order chi connectivity index (χ0) is 20.2. The lowest BCUT2D eigenvalue weighted by atomic mass is 9.67. The third-order valence-electron chi connectivity index (χ3n) is 8.11. The second kappa shape index (κ2) is 9.75. The molecule has 4 rings (SSSR count). The normalized spacial score (nSPS) is 31.3. The molecule has 3 aliphatic rings. The molecular formula is C25H35F3O. The highest BCUT2D eigenvalue weighted by molar-refractivity contribution is 5.31. The van der Waals surface area contributed by atoms with Gasteiger partial charge in [0.25, 0.3) is 0 Å². The largest absolute Gasteiger partial charge is 0.432 e. The molecule has 162 valence electrons. The van der Waals surface area contributed by atoms with Crippen LogP contribution in [0.4, 0.5) is 13.2 Å². The van der Waals surface area contributed by atoms with Gasteiger partial charge in [0.05, 0.1) is 0 Å². The Morgan fingerprint density at radius 1 is 0.793 bits per heavy atom. The quantitative estimate of drug-likeness (QED) is 0.462. The Balaban J connectivity index is 1.23. The molecule has 0 amide bonds. The summed E-state index contributed by atoms with van der Waals surface area (Å²) in [5.41, 5.74) is 0.933. The van der Waals surface area contributed by atoms with Crippen molar-refractivity contribution >= 4 is 0 Å². The summed E-state index contributed by atoms with van der Waals surface area (Å²) < 4.78 is 42.9. The average molecular weight is 409 g/mol. The van der Waals surface area contributed by atoms with Crippen LogP contribution in [-0.4, -0.2) is 6.61 Å². The van der Waals surface area contributed by atoms with Crippen molar-refractivity contribution in [2.75, 3.05) is 0 Å². The van der Waals surface area contributed by atoms with Gasteiger partial charge < -0.3 is 4.74 Å². The number of hydrogen-bond acceptors (Lipinski definition) is 1. The molecular weight excluding hydrogens is 373 g/mol. The van der Waals surface area contributed by atoms with Gasteiger partial charge in [-0.1, -0.05) is 44.6 Å². The highest BCUT2D eigenvalue weighted by Crippen LogP contribution is 2.45. The fourth-order valence-corrected chi connectivity index (χ4v) is 6.50. The van der Waals surface area contributed by atoms with Gasteiger partial charge in [0.15, 0.2) is 11.6 Å². The van der Waals surface area contributed by atoms with Crippen LogP contribution < -0.4 is 4.74 Å².